The van der Waals surface area contributed by atoms with E-state index in [-0.39, 0.29) is 18.5 Å². The van der Waals surface area contributed by atoms with Crippen LogP contribution in [0.25, 0.3) is 0 Å². The van der Waals surface area contributed by atoms with Crippen LogP contribution < -0.4 is 5.32 Å². The molecule has 1 heterocycles. The molecule has 88 valence electrons. The van der Waals surface area contributed by atoms with Crippen LogP contribution in [0, 0.1) is 10.1 Å². The molecule has 0 amide bonds. The maximum atomic E-state index is 11.1. The van der Waals surface area contributed by atoms with E-state index >= 15 is 0 Å². The van der Waals surface area contributed by atoms with Crippen LogP contribution >= 0.6 is 0 Å². The van der Waals surface area contributed by atoms with E-state index in [1.54, 1.807) is 0 Å². The molecule has 1 aliphatic heterocycles. The van der Waals surface area contributed by atoms with Crippen molar-refractivity contribution in [3.05, 3.63) is 21.5 Å². The van der Waals surface area contributed by atoms with Crippen molar-refractivity contribution in [3.63, 3.8) is 0 Å². The number of carboxylic acid groups (broad SMARTS) is 1. The van der Waals surface area contributed by atoms with Crippen molar-refractivity contribution in [2.45, 2.75) is 18.9 Å². The van der Waals surface area contributed by atoms with Crippen LogP contribution in [0.15, 0.2) is 11.4 Å². The molecule has 1 aliphatic rings. The van der Waals surface area contributed by atoms with Gasteiger partial charge in [-0.05, 0) is 12.8 Å². The van der Waals surface area contributed by atoms with E-state index in [4.69, 9.17) is 5.11 Å². The fraction of sp³-hybridized carbons (Fsp3) is 0.500. The zero-order valence-electron chi connectivity index (χ0n) is 8.43. The molecule has 1 rings (SSSR count). The Labute approximate surface area is 90.0 Å². The summed E-state index contributed by atoms with van der Waals surface area (Å²) in [4.78, 5) is 31.5. The molecule has 1 saturated heterocycles. The van der Waals surface area contributed by atoms with Crippen molar-refractivity contribution in [3.8, 4) is 0 Å². The van der Waals surface area contributed by atoms with E-state index in [0.717, 1.165) is 7.11 Å². The molecule has 0 bridgehead atoms. The summed E-state index contributed by atoms with van der Waals surface area (Å²) in [6.07, 6.45) is 0.349. The Morgan fingerprint density at radius 3 is 2.62 bits per heavy atom. The third kappa shape index (κ3) is 2.27. The number of ether oxygens (including phenoxy) is 1. The third-order valence-corrected chi connectivity index (χ3v) is 2.18. The van der Waals surface area contributed by atoms with Gasteiger partial charge in [0.05, 0.1) is 17.7 Å². The van der Waals surface area contributed by atoms with Gasteiger partial charge in [-0.15, -0.1) is 0 Å². The number of hydrogen-bond donors (Lipinski definition) is 2. The Morgan fingerprint density at radius 1 is 1.62 bits per heavy atom. The van der Waals surface area contributed by atoms with Gasteiger partial charge in [-0.2, -0.15) is 0 Å². The highest BCUT2D eigenvalue weighted by molar-refractivity contribution is 5.87. The maximum absolute atomic E-state index is 11.1. The Bertz CT molecular complexity index is 375. The third-order valence-electron chi connectivity index (χ3n) is 2.18. The number of nitrogens with one attached hydrogen (secondary N) is 1. The second-order valence-corrected chi connectivity index (χ2v) is 3.15. The molecule has 8 nitrogen and oxygen atoms in total. The number of esters is 1. The normalized spacial score (nSPS) is 22.2. The molecule has 1 atom stereocenters. The largest absolute Gasteiger partial charge is 0.480 e. The second kappa shape index (κ2) is 4.60. The minimum absolute atomic E-state index is 0.00394. The number of methoxy groups -OCH3 is 1. The Balaban J connectivity index is 2.98. The minimum atomic E-state index is -1.11. The summed E-state index contributed by atoms with van der Waals surface area (Å²) in [6, 6.07) is -0.894. The highest BCUT2D eigenvalue weighted by Crippen LogP contribution is 2.20. The monoisotopic (exact) mass is 230 g/mol. The summed E-state index contributed by atoms with van der Waals surface area (Å²) >= 11 is 0. The first-order chi connectivity index (χ1) is 7.47. The van der Waals surface area contributed by atoms with Crippen LogP contribution in [0.4, 0.5) is 0 Å². The molecular weight excluding hydrogens is 220 g/mol. The molecule has 1 unspecified atom stereocenters. The summed E-state index contributed by atoms with van der Waals surface area (Å²) in [6.45, 7) is 0. The highest BCUT2D eigenvalue weighted by Gasteiger charge is 2.35. The Kier molecular flexibility index (Phi) is 3.44. The lowest BCUT2D eigenvalue weighted by atomic mass is 10.2. The van der Waals surface area contributed by atoms with Gasteiger partial charge in [-0.1, -0.05) is 0 Å². The van der Waals surface area contributed by atoms with Gasteiger partial charge in [-0.3, -0.25) is 10.1 Å². The van der Waals surface area contributed by atoms with Crippen LogP contribution in [0.2, 0.25) is 0 Å². The zero-order valence-corrected chi connectivity index (χ0v) is 8.43. The molecule has 0 aromatic heterocycles. The standard InChI is InChI=1S/C8H10N2O6/c1-16-8(13)6(10(14)15)4-2-3-5(9-4)7(11)12/h5,9H,2-3H2,1H3,(H,11,12). The van der Waals surface area contributed by atoms with Crippen molar-refractivity contribution in [2.75, 3.05) is 7.11 Å². The molecule has 1 fully saturated rings. The van der Waals surface area contributed by atoms with Crippen molar-refractivity contribution < 1.29 is 24.4 Å². The summed E-state index contributed by atoms with van der Waals surface area (Å²) in [5.41, 5.74) is -0.726. The van der Waals surface area contributed by atoms with Crippen molar-refractivity contribution in [1.29, 1.82) is 0 Å². The molecule has 0 saturated carbocycles. The van der Waals surface area contributed by atoms with Gasteiger partial charge < -0.3 is 15.2 Å². The van der Waals surface area contributed by atoms with Gasteiger partial charge >= 0.3 is 17.6 Å². The van der Waals surface area contributed by atoms with Crippen molar-refractivity contribution >= 4 is 11.9 Å². The number of carbonyl (C=O) groups excluding carboxylic acids is 1. The van der Waals surface area contributed by atoms with Crippen molar-refractivity contribution in [1.82, 2.24) is 5.32 Å². The van der Waals surface area contributed by atoms with E-state index in [2.05, 4.69) is 10.1 Å². The minimum Gasteiger partial charge on any atom is -0.480 e. The van der Waals surface area contributed by atoms with Crippen molar-refractivity contribution in [2.24, 2.45) is 0 Å². The number of nitro groups is 1. The maximum Gasteiger partial charge on any atom is 0.411 e. The molecule has 0 radical (unpaired) electrons. The Hall–Kier alpha value is -2.12. The number of allylic oxidation sites excluding steroid dienone is 1. The van der Waals surface area contributed by atoms with Crippen LogP contribution in [-0.4, -0.2) is 35.1 Å². The van der Waals surface area contributed by atoms with Gasteiger partial charge in [0, 0.05) is 0 Å². The van der Waals surface area contributed by atoms with Crippen LogP contribution in [-0.2, 0) is 14.3 Å². The first kappa shape index (κ1) is 12.0. The number of rotatable bonds is 3. The summed E-state index contributed by atoms with van der Waals surface area (Å²) in [5.74, 6) is -2.19. The predicted octanol–water partition coefficient (Wildman–Crippen LogP) is -0.516. The van der Waals surface area contributed by atoms with Crippen LogP contribution in [0.5, 0.6) is 0 Å². The zero-order chi connectivity index (χ0) is 12.3. The van der Waals surface area contributed by atoms with Gasteiger partial charge in [0.1, 0.15) is 6.04 Å². The van der Waals surface area contributed by atoms with E-state index in [0.29, 0.717) is 0 Å². The summed E-state index contributed by atoms with van der Waals surface area (Å²) < 4.78 is 4.26. The van der Waals surface area contributed by atoms with Crippen LogP contribution in [0.3, 0.4) is 0 Å². The SMILES string of the molecule is COC(=O)C(=C1CCC(C(=O)O)N1)[N+](=O)[O-]. The topological polar surface area (TPSA) is 119 Å². The molecule has 2 N–H and O–H groups in total. The number of hydrogen-bond acceptors (Lipinski definition) is 6. The van der Waals surface area contributed by atoms with Gasteiger partial charge in [-0.25, -0.2) is 9.59 Å². The van der Waals surface area contributed by atoms with Gasteiger partial charge in [0.2, 0.25) is 0 Å². The second-order valence-electron chi connectivity index (χ2n) is 3.15. The molecule has 16 heavy (non-hydrogen) atoms. The highest BCUT2D eigenvalue weighted by atomic mass is 16.6. The lowest BCUT2D eigenvalue weighted by molar-refractivity contribution is -0.422. The molecular formula is C8H10N2O6. The number of nitrogens with zero attached hydrogens (tertiary/aromatic N) is 1. The molecule has 0 aromatic carbocycles. The average molecular weight is 230 g/mol. The van der Waals surface area contributed by atoms with E-state index in [1.165, 1.54) is 0 Å². The van der Waals surface area contributed by atoms with E-state index in [1.807, 2.05) is 0 Å². The van der Waals surface area contributed by atoms with Gasteiger partial charge in [0.15, 0.2) is 0 Å². The fourth-order valence-electron chi connectivity index (χ4n) is 1.42. The lowest BCUT2D eigenvalue weighted by Gasteiger charge is -2.05. The van der Waals surface area contributed by atoms with E-state index in [9.17, 15) is 19.7 Å². The first-order valence-corrected chi connectivity index (χ1v) is 4.42. The fourth-order valence-corrected chi connectivity index (χ4v) is 1.42. The molecule has 0 aromatic rings. The van der Waals surface area contributed by atoms with Crippen LogP contribution in [0.1, 0.15) is 12.8 Å². The quantitative estimate of drug-likeness (QED) is 0.290. The average Bonchev–Trinajstić information content (AvgIpc) is 2.66. The van der Waals surface area contributed by atoms with Gasteiger partial charge in [0.25, 0.3) is 0 Å². The first-order valence-electron chi connectivity index (χ1n) is 4.42. The molecule has 0 aliphatic carbocycles. The number of aliphatic carboxylic acids is 1. The lowest BCUT2D eigenvalue weighted by Crippen LogP contribution is -2.31. The van der Waals surface area contributed by atoms with E-state index < -0.39 is 28.6 Å². The molecule has 0 spiro atoms. The number of carbonyl (C=O) groups is 2. The smallest absolute Gasteiger partial charge is 0.411 e. The predicted molar refractivity (Wildman–Crippen MR) is 49.8 cm³/mol. The Morgan fingerprint density at radius 2 is 2.25 bits per heavy atom. The summed E-state index contributed by atoms with van der Waals surface area (Å²) in [5, 5.41) is 21.7. The summed E-state index contributed by atoms with van der Waals surface area (Å²) in [7, 11) is 1.02. The molecule has 8 heteroatoms. The number of carboxylic acids is 1.